The highest BCUT2D eigenvalue weighted by molar-refractivity contribution is 5.94. The Morgan fingerprint density at radius 1 is 1.28 bits per heavy atom. The standard InChI is InChI=1S/C11H19N5O2/c1-5(2)7(8(12)17)13-11(18)10-14-9(6(3)4)15-16-10/h5-7H,1-4H3,(H2,12,17)(H,13,18)(H,14,15,16). The molecule has 7 nitrogen and oxygen atoms in total. The first-order chi connectivity index (χ1) is 8.32. The van der Waals surface area contributed by atoms with Crippen LogP contribution in [-0.2, 0) is 4.79 Å². The number of amides is 2. The molecule has 7 heteroatoms. The maximum absolute atomic E-state index is 11.8. The van der Waals surface area contributed by atoms with Gasteiger partial charge < -0.3 is 11.1 Å². The molecule has 0 bridgehead atoms. The molecule has 0 aromatic carbocycles. The van der Waals surface area contributed by atoms with Gasteiger partial charge in [0.1, 0.15) is 11.9 Å². The zero-order chi connectivity index (χ0) is 13.9. The molecule has 1 atom stereocenters. The first kappa shape index (κ1) is 14.1. The number of hydrogen-bond donors (Lipinski definition) is 3. The number of hydrogen-bond acceptors (Lipinski definition) is 4. The summed E-state index contributed by atoms with van der Waals surface area (Å²) in [6.45, 7) is 7.46. The number of aromatic nitrogens is 3. The van der Waals surface area contributed by atoms with E-state index in [0.29, 0.717) is 5.82 Å². The van der Waals surface area contributed by atoms with Crippen molar-refractivity contribution in [2.45, 2.75) is 39.7 Å². The van der Waals surface area contributed by atoms with Gasteiger partial charge in [-0.25, -0.2) is 4.98 Å². The zero-order valence-electron chi connectivity index (χ0n) is 11.0. The van der Waals surface area contributed by atoms with Gasteiger partial charge >= 0.3 is 0 Å². The van der Waals surface area contributed by atoms with Crippen LogP contribution in [0.1, 0.15) is 50.1 Å². The van der Waals surface area contributed by atoms with Crippen molar-refractivity contribution in [3.8, 4) is 0 Å². The number of nitrogens with zero attached hydrogens (tertiary/aromatic N) is 2. The third-order valence-electron chi connectivity index (χ3n) is 2.51. The number of rotatable bonds is 5. The van der Waals surface area contributed by atoms with Gasteiger partial charge in [-0.2, -0.15) is 0 Å². The van der Waals surface area contributed by atoms with Gasteiger partial charge in [0.15, 0.2) is 0 Å². The Kier molecular flexibility index (Phi) is 4.41. The second-order valence-electron chi connectivity index (χ2n) is 4.80. The van der Waals surface area contributed by atoms with Crippen molar-refractivity contribution >= 4 is 11.8 Å². The fourth-order valence-corrected chi connectivity index (χ4v) is 1.41. The lowest BCUT2D eigenvalue weighted by Crippen LogP contribution is -2.47. The van der Waals surface area contributed by atoms with Crippen LogP contribution in [0.2, 0.25) is 0 Å². The summed E-state index contributed by atoms with van der Waals surface area (Å²) in [5.74, 6) is -0.370. The van der Waals surface area contributed by atoms with E-state index in [1.807, 2.05) is 13.8 Å². The summed E-state index contributed by atoms with van der Waals surface area (Å²) in [5.41, 5.74) is 5.22. The predicted octanol–water partition coefficient (Wildman–Crippen LogP) is 0.168. The van der Waals surface area contributed by atoms with Crippen molar-refractivity contribution in [2.75, 3.05) is 0 Å². The number of carbonyl (C=O) groups is 2. The van der Waals surface area contributed by atoms with E-state index in [1.165, 1.54) is 0 Å². The maximum Gasteiger partial charge on any atom is 0.291 e. The molecule has 1 unspecified atom stereocenters. The van der Waals surface area contributed by atoms with Gasteiger partial charge in [0, 0.05) is 5.92 Å². The van der Waals surface area contributed by atoms with Crippen molar-refractivity contribution in [3.63, 3.8) is 0 Å². The van der Waals surface area contributed by atoms with E-state index in [2.05, 4.69) is 20.5 Å². The van der Waals surface area contributed by atoms with Crippen LogP contribution in [0.3, 0.4) is 0 Å². The maximum atomic E-state index is 11.8. The molecule has 1 aromatic rings. The summed E-state index contributed by atoms with van der Waals surface area (Å²) >= 11 is 0. The summed E-state index contributed by atoms with van der Waals surface area (Å²) in [6.07, 6.45) is 0. The molecule has 0 saturated carbocycles. The average molecular weight is 253 g/mol. The number of primary amides is 1. The Balaban J connectivity index is 2.77. The Labute approximate surface area is 106 Å². The van der Waals surface area contributed by atoms with Gasteiger partial charge in [0.2, 0.25) is 11.7 Å². The van der Waals surface area contributed by atoms with E-state index in [-0.39, 0.29) is 17.7 Å². The smallest absolute Gasteiger partial charge is 0.291 e. The molecular formula is C11H19N5O2. The van der Waals surface area contributed by atoms with Gasteiger partial charge in [0.05, 0.1) is 0 Å². The van der Waals surface area contributed by atoms with Gasteiger partial charge in [-0.3, -0.25) is 14.7 Å². The molecule has 0 aliphatic heterocycles. The van der Waals surface area contributed by atoms with Gasteiger partial charge in [0.25, 0.3) is 5.91 Å². The first-order valence-electron chi connectivity index (χ1n) is 5.85. The minimum absolute atomic E-state index is 0.0191. The van der Waals surface area contributed by atoms with E-state index in [4.69, 9.17) is 5.73 Å². The van der Waals surface area contributed by atoms with Crippen LogP contribution in [-0.4, -0.2) is 33.0 Å². The van der Waals surface area contributed by atoms with E-state index >= 15 is 0 Å². The van der Waals surface area contributed by atoms with Crippen LogP contribution in [0.4, 0.5) is 0 Å². The van der Waals surface area contributed by atoms with Crippen molar-refractivity contribution < 1.29 is 9.59 Å². The minimum atomic E-state index is -0.724. The molecule has 1 heterocycles. The summed E-state index contributed by atoms with van der Waals surface area (Å²) in [7, 11) is 0. The van der Waals surface area contributed by atoms with Crippen molar-refractivity contribution in [2.24, 2.45) is 11.7 Å². The fourth-order valence-electron chi connectivity index (χ4n) is 1.41. The second kappa shape index (κ2) is 5.61. The summed E-state index contributed by atoms with van der Waals surface area (Å²) < 4.78 is 0. The lowest BCUT2D eigenvalue weighted by molar-refractivity contribution is -0.120. The van der Waals surface area contributed by atoms with E-state index in [0.717, 1.165) is 0 Å². The second-order valence-corrected chi connectivity index (χ2v) is 4.80. The molecule has 0 fully saturated rings. The quantitative estimate of drug-likeness (QED) is 0.693. The molecule has 100 valence electrons. The normalized spacial score (nSPS) is 12.8. The number of nitrogens with one attached hydrogen (secondary N) is 2. The Morgan fingerprint density at radius 2 is 1.89 bits per heavy atom. The number of carbonyl (C=O) groups excluding carboxylic acids is 2. The van der Waals surface area contributed by atoms with Crippen LogP contribution in [0.15, 0.2) is 0 Å². The van der Waals surface area contributed by atoms with Gasteiger partial charge in [-0.15, -0.1) is 5.10 Å². The monoisotopic (exact) mass is 253 g/mol. The van der Waals surface area contributed by atoms with Crippen LogP contribution in [0.5, 0.6) is 0 Å². The lowest BCUT2D eigenvalue weighted by atomic mass is 10.0. The molecule has 0 spiro atoms. The molecule has 0 saturated heterocycles. The lowest BCUT2D eigenvalue weighted by Gasteiger charge is -2.17. The zero-order valence-corrected chi connectivity index (χ0v) is 11.0. The number of nitrogens with two attached hydrogens (primary N) is 1. The highest BCUT2D eigenvalue weighted by Crippen LogP contribution is 2.08. The summed E-state index contributed by atoms with van der Waals surface area (Å²) in [6, 6.07) is -0.724. The first-order valence-corrected chi connectivity index (χ1v) is 5.85. The third kappa shape index (κ3) is 3.28. The topological polar surface area (TPSA) is 114 Å². The van der Waals surface area contributed by atoms with Crippen LogP contribution in [0, 0.1) is 5.92 Å². The molecule has 1 aromatic heterocycles. The van der Waals surface area contributed by atoms with Gasteiger partial charge in [-0.05, 0) is 5.92 Å². The minimum Gasteiger partial charge on any atom is -0.368 e. The number of H-pyrrole nitrogens is 1. The predicted molar refractivity (Wildman–Crippen MR) is 65.8 cm³/mol. The van der Waals surface area contributed by atoms with E-state index < -0.39 is 17.9 Å². The van der Waals surface area contributed by atoms with Gasteiger partial charge in [-0.1, -0.05) is 27.7 Å². The van der Waals surface area contributed by atoms with Crippen LogP contribution < -0.4 is 11.1 Å². The Morgan fingerprint density at radius 3 is 2.28 bits per heavy atom. The number of aromatic amines is 1. The van der Waals surface area contributed by atoms with Crippen LogP contribution in [0.25, 0.3) is 0 Å². The SMILES string of the molecule is CC(C)c1nc(C(=O)NC(C(N)=O)C(C)C)n[nH]1. The van der Waals surface area contributed by atoms with E-state index in [9.17, 15) is 9.59 Å². The molecule has 2 amide bonds. The molecular weight excluding hydrogens is 234 g/mol. The molecule has 18 heavy (non-hydrogen) atoms. The Hall–Kier alpha value is -1.92. The fraction of sp³-hybridized carbons (Fsp3) is 0.636. The molecule has 0 aliphatic rings. The molecule has 1 rings (SSSR count). The molecule has 4 N–H and O–H groups in total. The summed E-state index contributed by atoms with van der Waals surface area (Å²) in [5, 5.41) is 9.01. The largest absolute Gasteiger partial charge is 0.368 e. The Bertz CT molecular complexity index is 438. The molecule has 0 radical (unpaired) electrons. The molecule has 0 aliphatic carbocycles. The third-order valence-corrected chi connectivity index (χ3v) is 2.51. The average Bonchev–Trinajstić information content (AvgIpc) is 2.73. The summed E-state index contributed by atoms with van der Waals surface area (Å²) in [4.78, 5) is 27.1. The van der Waals surface area contributed by atoms with Crippen molar-refractivity contribution in [1.82, 2.24) is 20.5 Å². The van der Waals surface area contributed by atoms with Crippen molar-refractivity contribution in [3.05, 3.63) is 11.6 Å². The highest BCUT2D eigenvalue weighted by Gasteiger charge is 2.24. The highest BCUT2D eigenvalue weighted by atomic mass is 16.2. The van der Waals surface area contributed by atoms with Crippen LogP contribution >= 0.6 is 0 Å². The van der Waals surface area contributed by atoms with E-state index in [1.54, 1.807) is 13.8 Å². The van der Waals surface area contributed by atoms with Crippen molar-refractivity contribution in [1.29, 1.82) is 0 Å².